The average molecular weight is 938 g/mol. The molecule has 69 heavy (non-hydrogen) atoms. The number of benzene rings is 5. The summed E-state index contributed by atoms with van der Waals surface area (Å²) in [5, 5.41) is 43.1. The molecule has 15 heteroatoms. The zero-order chi connectivity index (χ0) is 48.3. The predicted molar refractivity (Wildman–Crippen MR) is 260 cm³/mol. The maximum atomic E-state index is 13.9. The number of aromatic hydroxyl groups is 1. The summed E-state index contributed by atoms with van der Waals surface area (Å²) in [6.07, 6.45) is 1.87. The number of aliphatic hydroxyl groups is 2. The highest BCUT2D eigenvalue weighted by Crippen LogP contribution is 2.34. The number of likely N-dealkylation sites (tertiary alicyclic amines) is 1. The average Bonchev–Trinajstić information content (AvgIpc) is 3.35. The molecule has 0 spiro atoms. The molecular formula is C54H59N5O10. The van der Waals surface area contributed by atoms with E-state index in [0.717, 1.165) is 38.0 Å². The molecule has 6 aromatic rings. The zero-order valence-corrected chi connectivity index (χ0v) is 38.6. The number of rotatable bonds is 20. The molecule has 7 N–H and O–H groups in total. The van der Waals surface area contributed by atoms with Crippen molar-refractivity contribution in [1.29, 1.82) is 0 Å². The van der Waals surface area contributed by atoms with Gasteiger partial charge in [0.25, 0.3) is 11.8 Å². The first-order valence-electron chi connectivity index (χ1n) is 23.5. The molecule has 2 fully saturated rings. The Morgan fingerprint density at radius 2 is 1.55 bits per heavy atom. The summed E-state index contributed by atoms with van der Waals surface area (Å²) in [6, 6.07) is 36.3. The van der Waals surface area contributed by atoms with Crippen LogP contribution in [0.3, 0.4) is 0 Å². The Hall–Kier alpha value is -7.04. The van der Waals surface area contributed by atoms with E-state index < -0.39 is 17.7 Å². The van der Waals surface area contributed by atoms with Crippen LogP contribution >= 0.6 is 0 Å². The van der Waals surface area contributed by atoms with Crippen LogP contribution in [0, 0.1) is 5.92 Å². The van der Waals surface area contributed by atoms with Crippen molar-refractivity contribution in [3.63, 3.8) is 0 Å². The quantitative estimate of drug-likeness (QED) is 0.0467. The number of nitrogens with one attached hydrogen (secondary N) is 4. The fraction of sp³-hybridized carbons (Fsp3) is 0.333. The van der Waals surface area contributed by atoms with Gasteiger partial charge in [-0.25, -0.2) is 4.79 Å². The van der Waals surface area contributed by atoms with Gasteiger partial charge >= 0.3 is 5.97 Å². The fourth-order valence-corrected chi connectivity index (χ4v) is 9.02. The number of carbonyl (C=O) groups is 3. The fourth-order valence-electron chi connectivity index (χ4n) is 9.02. The molecule has 5 aromatic carbocycles. The van der Waals surface area contributed by atoms with Crippen LogP contribution in [0.5, 0.6) is 17.2 Å². The molecule has 1 aromatic heterocycles. The summed E-state index contributed by atoms with van der Waals surface area (Å²) < 4.78 is 17.6. The molecule has 0 bridgehead atoms. The van der Waals surface area contributed by atoms with Crippen molar-refractivity contribution in [2.45, 2.75) is 69.5 Å². The predicted octanol–water partition coefficient (Wildman–Crippen LogP) is 5.60. The van der Waals surface area contributed by atoms with Crippen LogP contribution in [0.25, 0.3) is 10.9 Å². The van der Waals surface area contributed by atoms with E-state index in [4.69, 9.17) is 14.2 Å². The number of aliphatic hydroxyl groups excluding tert-OH is 1. The highest BCUT2D eigenvalue weighted by molar-refractivity contribution is 5.95. The Bertz CT molecular complexity index is 2770. The minimum absolute atomic E-state index is 0.0862. The molecular weight excluding hydrogens is 879 g/mol. The number of aromatic nitrogens is 1. The van der Waals surface area contributed by atoms with Crippen molar-refractivity contribution in [2.75, 3.05) is 39.5 Å². The van der Waals surface area contributed by atoms with Crippen molar-refractivity contribution >= 4 is 28.7 Å². The van der Waals surface area contributed by atoms with E-state index in [2.05, 4.69) is 38.0 Å². The Morgan fingerprint density at radius 3 is 2.30 bits per heavy atom. The van der Waals surface area contributed by atoms with Gasteiger partial charge in [0.1, 0.15) is 17.2 Å². The third-order valence-corrected chi connectivity index (χ3v) is 12.9. The van der Waals surface area contributed by atoms with Crippen molar-refractivity contribution in [3.8, 4) is 17.2 Å². The number of aromatic amines is 1. The van der Waals surface area contributed by atoms with Gasteiger partial charge in [-0.3, -0.25) is 19.3 Å². The van der Waals surface area contributed by atoms with E-state index in [1.807, 2.05) is 25.1 Å². The largest absolute Gasteiger partial charge is 0.506 e. The van der Waals surface area contributed by atoms with Crippen molar-refractivity contribution in [2.24, 2.45) is 5.92 Å². The molecule has 15 nitrogen and oxygen atoms in total. The Balaban J connectivity index is 0.789. The number of H-pyrrole nitrogens is 1. The lowest BCUT2D eigenvalue weighted by atomic mass is 9.86. The molecule has 2 amide bonds. The molecule has 2 atom stereocenters. The minimum atomic E-state index is -2.12. The van der Waals surface area contributed by atoms with Crippen molar-refractivity contribution in [1.82, 2.24) is 25.8 Å². The van der Waals surface area contributed by atoms with Crippen LogP contribution in [0.1, 0.15) is 76.9 Å². The van der Waals surface area contributed by atoms with Gasteiger partial charge in [0, 0.05) is 59.9 Å². The first kappa shape index (κ1) is 48.4. The highest BCUT2D eigenvalue weighted by atomic mass is 16.6. The Kier molecular flexibility index (Phi) is 15.7. The van der Waals surface area contributed by atoms with E-state index in [1.165, 1.54) is 17.7 Å². The monoisotopic (exact) mass is 937 g/mol. The SMILES string of the molecule is CCOc1cc(C(=O)N[C@H]2C[C@H](NC(=O)COc3cccc([C@](O)(C(=O)OCC4CCN(Cc5ccccc5)CC4)c4ccccc4)c3)C2)ccc1CNC[C@H](O)c1ccc(O)c2[nH]c(=O)ccc12. The smallest absolute Gasteiger partial charge is 0.347 e. The highest BCUT2D eigenvalue weighted by Gasteiger charge is 2.42. The van der Waals surface area contributed by atoms with Crippen LogP contribution in [-0.4, -0.2) is 94.5 Å². The van der Waals surface area contributed by atoms with E-state index in [-0.39, 0.29) is 72.0 Å². The van der Waals surface area contributed by atoms with Gasteiger partial charge in [0.2, 0.25) is 11.2 Å². The van der Waals surface area contributed by atoms with Gasteiger partial charge in [-0.2, -0.15) is 0 Å². The number of carbonyl (C=O) groups excluding carboxylic acids is 3. The van der Waals surface area contributed by atoms with E-state index in [1.54, 1.807) is 84.9 Å². The van der Waals surface area contributed by atoms with Gasteiger partial charge in [-0.05, 0) is 105 Å². The Labute approximate surface area is 400 Å². The number of fused-ring (bicyclic) bond motifs is 1. The third kappa shape index (κ3) is 12.0. The molecule has 0 unspecified atom stereocenters. The Morgan fingerprint density at radius 1 is 0.826 bits per heavy atom. The topological polar surface area (TPSA) is 212 Å². The van der Waals surface area contributed by atoms with Gasteiger partial charge in [-0.15, -0.1) is 0 Å². The molecule has 1 aliphatic carbocycles. The maximum absolute atomic E-state index is 13.9. The van der Waals surface area contributed by atoms with Crippen LogP contribution in [0.2, 0.25) is 0 Å². The first-order valence-corrected chi connectivity index (χ1v) is 23.5. The second-order valence-corrected chi connectivity index (χ2v) is 17.8. The number of ether oxygens (including phenoxy) is 3. The van der Waals surface area contributed by atoms with Crippen molar-refractivity contribution < 1.29 is 43.9 Å². The van der Waals surface area contributed by atoms with Crippen LogP contribution in [0.15, 0.2) is 132 Å². The minimum Gasteiger partial charge on any atom is -0.506 e. The lowest BCUT2D eigenvalue weighted by Crippen LogP contribution is -2.54. The number of hydrogen-bond donors (Lipinski definition) is 7. The number of phenols is 1. The summed E-state index contributed by atoms with van der Waals surface area (Å²) >= 11 is 0. The third-order valence-electron chi connectivity index (χ3n) is 12.9. The molecule has 8 rings (SSSR count). The van der Waals surface area contributed by atoms with Gasteiger partial charge in [0.05, 0.1) is 24.8 Å². The summed E-state index contributed by atoms with van der Waals surface area (Å²) in [4.78, 5) is 57.0. The number of piperidine rings is 1. The molecule has 0 radical (unpaired) electrons. The summed E-state index contributed by atoms with van der Waals surface area (Å²) in [6.45, 7) is 5.28. The zero-order valence-electron chi connectivity index (χ0n) is 38.6. The summed E-state index contributed by atoms with van der Waals surface area (Å²) in [7, 11) is 0. The van der Waals surface area contributed by atoms with E-state index in [0.29, 0.717) is 59.6 Å². The number of amides is 2. The second-order valence-electron chi connectivity index (χ2n) is 17.8. The molecule has 1 saturated heterocycles. The molecule has 2 aliphatic rings. The standard InChI is InChI=1S/C54H59N5O10/c1-2-67-48-26-37(16-17-38(48)30-55-31-47(61)44-18-20-46(60)51-45(44)19-21-49(62)58-51)52(64)57-42-28-41(29-42)56-50(63)34-68-43-15-9-14-40(27-43)54(66,39-12-7-4-8-13-39)53(65)69-33-36-22-24-59(25-23-36)32-35-10-5-3-6-11-35/h3-21,26-27,36,41-42,47,55,60-61,66H,2,22-25,28-34H2,1H3,(H,56,63)(H,57,64)(H,58,62)/t41-,42-,47-,54-/m0/s1. The summed E-state index contributed by atoms with van der Waals surface area (Å²) in [5.41, 5.74) is 1.40. The van der Waals surface area contributed by atoms with Gasteiger partial charge in [0.15, 0.2) is 6.61 Å². The number of pyridine rings is 1. The van der Waals surface area contributed by atoms with Crippen LogP contribution < -0.4 is 31.0 Å². The maximum Gasteiger partial charge on any atom is 0.347 e. The summed E-state index contributed by atoms with van der Waals surface area (Å²) in [5.74, 6) is -0.508. The number of hydrogen-bond acceptors (Lipinski definition) is 12. The second kappa shape index (κ2) is 22.4. The molecule has 360 valence electrons. The molecule has 1 saturated carbocycles. The number of esters is 1. The van der Waals surface area contributed by atoms with Crippen LogP contribution in [0.4, 0.5) is 0 Å². The number of phenolic OH excluding ortho intramolecular Hbond substituents is 1. The van der Waals surface area contributed by atoms with Crippen molar-refractivity contribution in [3.05, 3.63) is 171 Å². The normalized spacial score (nSPS) is 17.5. The number of nitrogens with zero attached hydrogens (tertiary/aromatic N) is 1. The molecule has 1 aliphatic heterocycles. The lowest BCUT2D eigenvalue weighted by molar-refractivity contribution is -0.164. The van der Waals surface area contributed by atoms with Gasteiger partial charge in [-0.1, -0.05) is 84.9 Å². The van der Waals surface area contributed by atoms with Gasteiger partial charge < -0.3 is 50.5 Å². The van der Waals surface area contributed by atoms with E-state index in [9.17, 15) is 34.5 Å². The molecule has 2 heterocycles. The first-order chi connectivity index (χ1) is 33.5. The van der Waals surface area contributed by atoms with Crippen LogP contribution in [-0.2, 0) is 33.0 Å². The lowest BCUT2D eigenvalue weighted by Gasteiger charge is -2.36. The van der Waals surface area contributed by atoms with E-state index >= 15 is 0 Å².